The Morgan fingerprint density at radius 3 is 2.91 bits per heavy atom. The van der Waals surface area contributed by atoms with Crippen molar-refractivity contribution in [2.24, 2.45) is 16.6 Å². The molecule has 0 fully saturated rings. The molecule has 0 saturated heterocycles. The third-order valence-electron chi connectivity index (χ3n) is 3.38. The maximum atomic E-state index is 5.88. The highest BCUT2D eigenvalue weighted by Crippen LogP contribution is 2.08. The quantitative estimate of drug-likeness (QED) is 0.609. The Labute approximate surface area is 132 Å². The summed E-state index contributed by atoms with van der Waals surface area (Å²) < 4.78 is 2.05. The molecule has 0 amide bonds. The van der Waals surface area contributed by atoms with E-state index in [9.17, 15) is 0 Å². The van der Waals surface area contributed by atoms with Crippen molar-refractivity contribution in [1.29, 1.82) is 0 Å². The zero-order valence-electron chi connectivity index (χ0n) is 13.4. The minimum Gasteiger partial charge on any atom is -0.370 e. The van der Waals surface area contributed by atoms with Gasteiger partial charge in [-0.3, -0.25) is 0 Å². The first-order valence-electron chi connectivity index (χ1n) is 7.71. The van der Waals surface area contributed by atoms with E-state index in [4.69, 9.17) is 5.73 Å². The number of guanidine groups is 1. The fourth-order valence-corrected chi connectivity index (χ4v) is 2.14. The van der Waals surface area contributed by atoms with Gasteiger partial charge >= 0.3 is 0 Å². The smallest absolute Gasteiger partial charge is 0.188 e. The maximum Gasteiger partial charge on any atom is 0.188 e. The van der Waals surface area contributed by atoms with E-state index in [1.54, 1.807) is 6.20 Å². The second-order valence-corrected chi connectivity index (χ2v) is 5.87. The first kappa shape index (κ1) is 16.1. The van der Waals surface area contributed by atoms with Crippen LogP contribution in [0.3, 0.4) is 0 Å². The highest BCUT2D eigenvalue weighted by Gasteiger charge is 1.99. The van der Waals surface area contributed by atoms with Crippen molar-refractivity contribution in [3.63, 3.8) is 0 Å². The summed E-state index contributed by atoms with van der Waals surface area (Å²) in [5, 5.41) is 3.15. The summed E-state index contributed by atoms with van der Waals surface area (Å²) >= 11 is 0. The van der Waals surface area contributed by atoms with Crippen molar-refractivity contribution in [3.8, 4) is 0 Å². The minimum atomic E-state index is 0.515. The molecule has 1 aromatic carbocycles. The van der Waals surface area contributed by atoms with Crippen LogP contribution in [0.5, 0.6) is 0 Å². The van der Waals surface area contributed by atoms with Gasteiger partial charge in [0.15, 0.2) is 5.96 Å². The van der Waals surface area contributed by atoms with Gasteiger partial charge in [-0.25, -0.2) is 9.98 Å². The van der Waals surface area contributed by atoms with Crippen LogP contribution in [0.2, 0.25) is 0 Å². The Hall–Kier alpha value is -2.30. The SMILES string of the molecule is CC(C)CCNC(N)=NCc1cccc(Cn2ccnc2)c1. The number of aliphatic imine (C=N–C) groups is 1. The molecule has 1 aromatic heterocycles. The van der Waals surface area contributed by atoms with Gasteiger partial charge in [0.05, 0.1) is 12.9 Å². The fourth-order valence-electron chi connectivity index (χ4n) is 2.14. The monoisotopic (exact) mass is 299 g/mol. The van der Waals surface area contributed by atoms with E-state index in [-0.39, 0.29) is 0 Å². The number of aromatic nitrogens is 2. The topological polar surface area (TPSA) is 68.2 Å². The Morgan fingerprint density at radius 2 is 2.18 bits per heavy atom. The average molecular weight is 299 g/mol. The summed E-state index contributed by atoms with van der Waals surface area (Å²) in [6.07, 6.45) is 6.66. The van der Waals surface area contributed by atoms with Gasteiger partial charge in [-0.1, -0.05) is 38.1 Å². The third-order valence-corrected chi connectivity index (χ3v) is 3.38. The lowest BCUT2D eigenvalue weighted by atomic mass is 10.1. The van der Waals surface area contributed by atoms with Crippen LogP contribution in [-0.2, 0) is 13.1 Å². The number of rotatable bonds is 7. The van der Waals surface area contributed by atoms with E-state index in [2.05, 4.69) is 53.4 Å². The lowest BCUT2D eigenvalue weighted by Gasteiger charge is -2.08. The minimum absolute atomic E-state index is 0.515. The highest BCUT2D eigenvalue weighted by atomic mass is 15.1. The van der Waals surface area contributed by atoms with Crippen LogP contribution >= 0.6 is 0 Å². The second-order valence-electron chi connectivity index (χ2n) is 5.87. The number of nitrogens with two attached hydrogens (primary N) is 1. The van der Waals surface area contributed by atoms with E-state index in [0.717, 1.165) is 25.1 Å². The molecule has 0 atom stereocenters. The Kier molecular flexibility index (Phi) is 6.01. The van der Waals surface area contributed by atoms with E-state index in [0.29, 0.717) is 18.4 Å². The van der Waals surface area contributed by atoms with Crippen molar-refractivity contribution in [2.75, 3.05) is 6.54 Å². The van der Waals surface area contributed by atoms with Gasteiger partial charge in [0.25, 0.3) is 0 Å². The number of nitrogens with zero attached hydrogens (tertiary/aromatic N) is 3. The fraction of sp³-hybridized carbons (Fsp3) is 0.412. The van der Waals surface area contributed by atoms with Crippen LogP contribution in [0.4, 0.5) is 0 Å². The van der Waals surface area contributed by atoms with Gasteiger partial charge in [-0.2, -0.15) is 0 Å². The van der Waals surface area contributed by atoms with Crippen molar-refractivity contribution in [2.45, 2.75) is 33.4 Å². The molecule has 0 bridgehead atoms. The Morgan fingerprint density at radius 1 is 1.36 bits per heavy atom. The molecular formula is C17H25N5. The molecule has 2 aromatic rings. The van der Waals surface area contributed by atoms with Crippen LogP contribution in [0.25, 0.3) is 0 Å². The van der Waals surface area contributed by atoms with Gasteiger partial charge in [-0.15, -0.1) is 0 Å². The first-order chi connectivity index (χ1) is 10.6. The summed E-state index contributed by atoms with van der Waals surface area (Å²) in [7, 11) is 0. The van der Waals surface area contributed by atoms with Crippen LogP contribution < -0.4 is 11.1 Å². The van der Waals surface area contributed by atoms with Gasteiger partial charge in [0.2, 0.25) is 0 Å². The summed E-state index contributed by atoms with van der Waals surface area (Å²) in [5.41, 5.74) is 8.27. The largest absolute Gasteiger partial charge is 0.370 e. The van der Waals surface area contributed by atoms with Crippen LogP contribution in [0.1, 0.15) is 31.4 Å². The number of hydrogen-bond acceptors (Lipinski definition) is 2. The van der Waals surface area contributed by atoms with Crippen molar-refractivity contribution < 1.29 is 0 Å². The molecule has 5 heteroatoms. The predicted octanol–water partition coefficient (Wildman–Crippen LogP) is 2.38. The zero-order valence-corrected chi connectivity index (χ0v) is 13.4. The Balaban J connectivity index is 1.87. The molecule has 0 aliphatic carbocycles. The number of imidazole rings is 1. The van der Waals surface area contributed by atoms with Gasteiger partial charge < -0.3 is 15.6 Å². The molecule has 0 radical (unpaired) electrons. The molecule has 0 unspecified atom stereocenters. The second kappa shape index (κ2) is 8.22. The van der Waals surface area contributed by atoms with Crippen LogP contribution in [-0.4, -0.2) is 22.1 Å². The molecule has 22 heavy (non-hydrogen) atoms. The summed E-state index contributed by atoms with van der Waals surface area (Å²) in [5.74, 6) is 1.18. The maximum absolute atomic E-state index is 5.88. The van der Waals surface area contributed by atoms with Crippen molar-refractivity contribution in [3.05, 3.63) is 54.1 Å². The van der Waals surface area contributed by atoms with E-state index >= 15 is 0 Å². The number of benzene rings is 1. The van der Waals surface area contributed by atoms with E-state index in [1.165, 1.54) is 5.56 Å². The zero-order chi connectivity index (χ0) is 15.8. The highest BCUT2D eigenvalue weighted by molar-refractivity contribution is 5.77. The number of nitrogens with one attached hydrogen (secondary N) is 1. The molecule has 5 nitrogen and oxygen atoms in total. The summed E-state index contributed by atoms with van der Waals surface area (Å²) in [6.45, 7) is 6.67. The molecule has 1 heterocycles. The van der Waals surface area contributed by atoms with Crippen molar-refractivity contribution >= 4 is 5.96 Å². The third kappa shape index (κ3) is 5.60. The van der Waals surface area contributed by atoms with Crippen molar-refractivity contribution in [1.82, 2.24) is 14.9 Å². The summed E-state index contributed by atoms with van der Waals surface area (Å²) in [4.78, 5) is 8.45. The molecule has 3 N–H and O–H groups in total. The lowest BCUT2D eigenvalue weighted by molar-refractivity contribution is 0.576. The van der Waals surface area contributed by atoms with Gasteiger partial charge in [-0.05, 0) is 23.5 Å². The molecule has 0 saturated carbocycles. The van der Waals surface area contributed by atoms with Crippen LogP contribution in [0, 0.1) is 5.92 Å². The van der Waals surface area contributed by atoms with Crippen LogP contribution in [0.15, 0.2) is 48.0 Å². The van der Waals surface area contributed by atoms with E-state index in [1.807, 2.05) is 17.1 Å². The molecule has 0 aliphatic heterocycles. The van der Waals surface area contributed by atoms with Gasteiger partial charge in [0, 0.05) is 25.5 Å². The normalized spacial score (nSPS) is 11.9. The summed E-state index contributed by atoms with van der Waals surface area (Å²) in [6, 6.07) is 8.39. The molecule has 0 spiro atoms. The molecule has 0 aliphatic rings. The van der Waals surface area contributed by atoms with E-state index < -0.39 is 0 Å². The molecule has 118 valence electrons. The lowest BCUT2D eigenvalue weighted by Crippen LogP contribution is -2.32. The van der Waals surface area contributed by atoms with Gasteiger partial charge in [0.1, 0.15) is 0 Å². The average Bonchev–Trinajstić information content (AvgIpc) is 2.98. The molecular weight excluding hydrogens is 274 g/mol. The number of hydrogen-bond donors (Lipinski definition) is 2. The molecule has 2 rings (SSSR count). The predicted molar refractivity (Wildman–Crippen MR) is 90.6 cm³/mol. The first-order valence-corrected chi connectivity index (χ1v) is 7.71. The standard InChI is InChI=1S/C17H25N5/c1-14(2)6-7-20-17(18)21-11-15-4-3-5-16(10-15)12-22-9-8-19-13-22/h3-5,8-10,13-14H,6-7,11-12H2,1-2H3,(H3,18,20,21). The Bertz CT molecular complexity index is 587.